The van der Waals surface area contributed by atoms with Gasteiger partial charge in [-0.1, -0.05) is 30.3 Å². The van der Waals surface area contributed by atoms with E-state index >= 15 is 0 Å². The second-order valence-electron chi connectivity index (χ2n) is 3.78. The fraction of sp³-hybridized carbons (Fsp3) is 0.364. The van der Waals surface area contributed by atoms with Crippen molar-refractivity contribution in [3.8, 4) is 0 Å². The van der Waals surface area contributed by atoms with Gasteiger partial charge in [0.1, 0.15) is 0 Å². The Kier molecular flexibility index (Phi) is 3.25. The van der Waals surface area contributed by atoms with Crippen molar-refractivity contribution in [1.29, 1.82) is 0 Å². The maximum Gasteiger partial charge on any atom is 0.207 e. The lowest BCUT2D eigenvalue weighted by atomic mass is 9.92. The molecule has 14 heavy (non-hydrogen) atoms. The van der Waals surface area contributed by atoms with Crippen LogP contribution < -0.4 is 5.32 Å². The Bertz CT molecular complexity index is 290. The van der Waals surface area contributed by atoms with E-state index in [1.54, 1.807) is 13.8 Å². The molecule has 2 N–H and O–H groups in total. The molecule has 3 nitrogen and oxygen atoms in total. The molecule has 0 saturated heterocycles. The molecule has 0 saturated carbocycles. The minimum absolute atomic E-state index is 0.374. The smallest absolute Gasteiger partial charge is 0.207 e. The zero-order valence-electron chi connectivity index (χ0n) is 8.40. The van der Waals surface area contributed by atoms with Gasteiger partial charge < -0.3 is 10.4 Å². The summed E-state index contributed by atoms with van der Waals surface area (Å²) in [6.07, 6.45) is 0.607. The highest BCUT2D eigenvalue weighted by Gasteiger charge is 2.27. The van der Waals surface area contributed by atoms with Crippen LogP contribution in [-0.4, -0.2) is 17.1 Å². The first kappa shape index (κ1) is 10.7. The lowest BCUT2D eigenvalue weighted by Crippen LogP contribution is -2.38. The van der Waals surface area contributed by atoms with E-state index in [4.69, 9.17) is 0 Å². The molecule has 0 radical (unpaired) electrons. The van der Waals surface area contributed by atoms with Crippen molar-refractivity contribution in [3.63, 3.8) is 0 Å². The largest absolute Gasteiger partial charge is 0.388 e. The predicted octanol–water partition coefficient (Wildman–Crippen LogP) is 1.24. The Morgan fingerprint density at radius 2 is 1.93 bits per heavy atom. The third-order valence-corrected chi connectivity index (χ3v) is 2.07. The van der Waals surface area contributed by atoms with Crippen LogP contribution in [0.15, 0.2) is 30.3 Å². The van der Waals surface area contributed by atoms with E-state index in [9.17, 15) is 9.90 Å². The zero-order valence-corrected chi connectivity index (χ0v) is 8.40. The van der Waals surface area contributed by atoms with E-state index < -0.39 is 5.60 Å². The molecule has 0 aliphatic heterocycles. The van der Waals surface area contributed by atoms with Gasteiger partial charge in [0.15, 0.2) is 0 Å². The van der Waals surface area contributed by atoms with Crippen molar-refractivity contribution in [1.82, 2.24) is 5.32 Å². The monoisotopic (exact) mass is 193 g/mol. The Morgan fingerprint density at radius 1 is 1.36 bits per heavy atom. The minimum Gasteiger partial charge on any atom is -0.388 e. The molecule has 3 heteroatoms. The average Bonchev–Trinajstić information content (AvgIpc) is 2.14. The molecule has 0 aromatic heterocycles. The van der Waals surface area contributed by atoms with Gasteiger partial charge in [0, 0.05) is 0 Å². The topological polar surface area (TPSA) is 49.3 Å². The summed E-state index contributed by atoms with van der Waals surface area (Å²) < 4.78 is 0. The molecule has 1 rings (SSSR count). The van der Waals surface area contributed by atoms with Crippen LogP contribution in [-0.2, 0) is 4.79 Å². The van der Waals surface area contributed by atoms with Crippen molar-refractivity contribution in [2.24, 2.45) is 0 Å². The van der Waals surface area contributed by atoms with E-state index in [-0.39, 0.29) is 6.04 Å². The summed E-state index contributed by atoms with van der Waals surface area (Å²) in [4.78, 5) is 10.4. The number of carbonyl (C=O) groups is 1. The van der Waals surface area contributed by atoms with E-state index in [1.165, 1.54) is 0 Å². The van der Waals surface area contributed by atoms with Crippen LogP contribution in [0.4, 0.5) is 0 Å². The van der Waals surface area contributed by atoms with E-state index in [0.29, 0.717) is 6.41 Å². The molecular weight excluding hydrogens is 178 g/mol. The van der Waals surface area contributed by atoms with Gasteiger partial charge in [0.2, 0.25) is 6.41 Å². The normalized spacial score (nSPS) is 13.4. The number of carbonyl (C=O) groups excluding carboxylic acids is 1. The number of hydrogen-bond donors (Lipinski definition) is 2. The van der Waals surface area contributed by atoms with E-state index in [1.807, 2.05) is 30.3 Å². The van der Waals surface area contributed by atoms with Gasteiger partial charge in [-0.05, 0) is 19.4 Å². The summed E-state index contributed by atoms with van der Waals surface area (Å²) in [6, 6.07) is 9.02. The molecule has 1 aromatic rings. The van der Waals surface area contributed by atoms with Crippen molar-refractivity contribution in [3.05, 3.63) is 35.9 Å². The summed E-state index contributed by atoms with van der Waals surface area (Å²) >= 11 is 0. The number of hydrogen-bond acceptors (Lipinski definition) is 2. The molecule has 0 aliphatic carbocycles. The Morgan fingerprint density at radius 3 is 2.36 bits per heavy atom. The molecule has 76 valence electrons. The summed E-state index contributed by atoms with van der Waals surface area (Å²) in [5.74, 6) is 0. The van der Waals surface area contributed by atoms with E-state index in [2.05, 4.69) is 5.32 Å². The number of amides is 1. The Balaban J connectivity index is 2.95. The highest BCUT2D eigenvalue weighted by atomic mass is 16.3. The van der Waals surface area contributed by atoms with Crippen LogP contribution in [0.2, 0.25) is 0 Å². The van der Waals surface area contributed by atoms with E-state index in [0.717, 1.165) is 5.56 Å². The third-order valence-electron chi connectivity index (χ3n) is 2.07. The van der Waals surface area contributed by atoms with Crippen LogP contribution in [0.3, 0.4) is 0 Å². The molecule has 1 aromatic carbocycles. The van der Waals surface area contributed by atoms with Gasteiger partial charge in [0.25, 0.3) is 0 Å². The second-order valence-corrected chi connectivity index (χ2v) is 3.78. The lowest BCUT2D eigenvalue weighted by Gasteiger charge is -2.29. The van der Waals surface area contributed by atoms with Crippen molar-refractivity contribution < 1.29 is 9.90 Å². The van der Waals surface area contributed by atoms with Gasteiger partial charge in [-0.15, -0.1) is 0 Å². The average molecular weight is 193 g/mol. The Hall–Kier alpha value is -1.35. The molecule has 0 fully saturated rings. The highest BCUT2D eigenvalue weighted by molar-refractivity contribution is 5.48. The quantitative estimate of drug-likeness (QED) is 0.707. The van der Waals surface area contributed by atoms with Crippen LogP contribution in [0.1, 0.15) is 25.5 Å². The number of benzene rings is 1. The zero-order chi connectivity index (χ0) is 10.6. The molecule has 0 bridgehead atoms. The van der Waals surface area contributed by atoms with Crippen molar-refractivity contribution in [2.75, 3.05) is 0 Å². The molecule has 0 spiro atoms. The second kappa shape index (κ2) is 4.24. The first-order valence-electron chi connectivity index (χ1n) is 4.52. The summed E-state index contributed by atoms with van der Waals surface area (Å²) in [7, 11) is 0. The minimum atomic E-state index is -0.970. The predicted molar refractivity (Wildman–Crippen MR) is 54.7 cm³/mol. The summed E-state index contributed by atoms with van der Waals surface area (Å²) in [5, 5.41) is 12.4. The summed E-state index contributed by atoms with van der Waals surface area (Å²) in [5.41, 5.74) is -0.0745. The molecule has 0 aliphatic rings. The van der Waals surface area contributed by atoms with Gasteiger partial charge >= 0.3 is 0 Å². The van der Waals surface area contributed by atoms with Crippen molar-refractivity contribution >= 4 is 6.41 Å². The first-order chi connectivity index (χ1) is 6.55. The van der Waals surface area contributed by atoms with Crippen LogP contribution in [0.5, 0.6) is 0 Å². The number of nitrogens with one attached hydrogen (secondary N) is 1. The molecule has 0 unspecified atom stereocenters. The van der Waals surface area contributed by atoms with Crippen LogP contribution in [0, 0.1) is 0 Å². The third kappa shape index (κ3) is 2.57. The fourth-order valence-electron chi connectivity index (χ4n) is 1.42. The Labute approximate surface area is 83.8 Å². The SMILES string of the molecule is CC(C)(O)[C@@H](NC=O)c1ccccc1. The standard InChI is InChI=1S/C11H15NO2/c1-11(2,14)10(12-8-13)9-6-4-3-5-7-9/h3-8,10,14H,1-2H3,(H,12,13)/t10-/m0/s1. The first-order valence-corrected chi connectivity index (χ1v) is 4.52. The van der Waals surface area contributed by atoms with Crippen molar-refractivity contribution in [2.45, 2.75) is 25.5 Å². The maximum absolute atomic E-state index is 10.4. The van der Waals surface area contributed by atoms with Crippen LogP contribution in [0.25, 0.3) is 0 Å². The maximum atomic E-state index is 10.4. The molecule has 0 heterocycles. The van der Waals surface area contributed by atoms with Gasteiger partial charge in [-0.3, -0.25) is 4.79 Å². The molecule has 1 amide bonds. The number of rotatable bonds is 4. The molecular formula is C11H15NO2. The van der Waals surface area contributed by atoms with Gasteiger partial charge in [0.05, 0.1) is 11.6 Å². The highest BCUT2D eigenvalue weighted by Crippen LogP contribution is 2.24. The van der Waals surface area contributed by atoms with Gasteiger partial charge in [-0.2, -0.15) is 0 Å². The lowest BCUT2D eigenvalue weighted by molar-refractivity contribution is -0.112. The molecule has 1 atom stereocenters. The number of aliphatic hydroxyl groups is 1. The van der Waals surface area contributed by atoms with Crippen LogP contribution >= 0.6 is 0 Å². The summed E-state index contributed by atoms with van der Waals surface area (Å²) in [6.45, 7) is 3.34. The fourth-order valence-corrected chi connectivity index (χ4v) is 1.42. The van der Waals surface area contributed by atoms with Gasteiger partial charge in [-0.25, -0.2) is 0 Å².